The molecular weight excluding hydrogens is 324 g/mol. The number of nitrogens with two attached hydrogens (primary N) is 1. The highest BCUT2D eigenvalue weighted by Crippen LogP contribution is 2.46. The summed E-state index contributed by atoms with van der Waals surface area (Å²) in [5, 5.41) is 0. The molecule has 1 fully saturated rings. The number of ether oxygens (including phenoxy) is 1. The van der Waals surface area contributed by atoms with Crippen LogP contribution in [0.15, 0.2) is 18.2 Å². The molecule has 2 aliphatic rings. The minimum Gasteiger partial charge on any atom is -0.410 e. The van der Waals surface area contributed by atoms with E-state index in [1.165, 1.54) is 36.8 Å². The van der Waals surface area contributed by atoms with Crippen molar-refractivity contribution in [2.45, 2.75) is 83.7 Å². The molecule has 2 aliphatic carbocycles. The summed E-state index contributed by atoms with van der Waals surface area (Å²) in [7, 11) is 0. The Hall–Kier alpha value is -1.55. The van der Waals surface area contributed by atoms with Gasteiger partial charge in [0.25, 0.3) is 0 Å². The fourth-order valence-corrected chi connectivity index (χ4v) is 4.96. The van der Waals surface area contributed by atoms with Crippen molar-refractivity contribution in [1.82, 2.24) is 4.90 Å². The molecule has 4 heteroatoms. The second-order valence-electron chi connectivity index (χ2n) is 8.57. The maximum atomic E-state index is 12.5. The third-order valence-corrected chi connectivity index (χ3v) is 6.60. The van der Waals surface area contributed by atoms with Crippen LogP contribution in [0.25, 0.3) is 0 Å². The van der Waals surface area contributed by atoms with Crippen LogP contribution in [0.2, 0.25) is 0 Å². The lowest BCUT2D eigenvalue weighted by molar-refractivity contribution is 0.141. The highest BCUT2D eigenvalue weighted by atomic mass is 16.6. The number of benzene rings is 1. The average Bonchev–Trinajstić information content (AvgIpc) is 2.59. The van der Waals surface area contributed by atoms with Crippen LogP contribution in [-0.4, -0.2) is 29.6 Å². The van der Waals surface area contributed by atoms with Gasteiger partial charge < -0.3 is 15.4 Å². The first kappa shape index (κ1) is 19.2. The fourth-order valence-electron chi connectivity index (χ4n) is 4.96. The van der Waals surface area contributed by atoms with Crippen LogP contribution in [0.5, 0.6) is 5.75 Å². The molecule has 1 amide bonds. The molecule has 1 aromatic carbocycles. The van der Waals surface area contributed by atoms with Crippen LogP contribution in [0.4, 0.5) is 4.79 Å². The highest BCUT2D eigenvalue weighted by Gasteiger charge is 2.43. The average molecular weight is 359 g/mol. The van der Waals surface area contributed by atoms with Crippen molar-refractivity contribution in [1.29, 1.82) is 0 Å². The fraction of sp³-hybridized carbons (Fsp3) is 0.682. The van der Waals surface area contributed by atoms with E-state index in [1.54, 1.807) is 4.90 Å². The zero-order valence-corrected chi connectivity index (χ0v) is 16.8. The molecule has 2 bridgehead atoms. The van der Waals surface area contributed by atoms with Gasteiger partial charge in [0.05, 0.1) is 0 Å². The molecule has 26 heavy (non-hydrogen) atoms. The summed E-state index contributed by atoms with van der Waals surface area (Å²) in [6, 6.07) is 6.50. The molecule has 0 radical (unpaired) electrons. The van der Waals surface area contributed by atoms with Crippen molar-refractivity contribution in [3.05, 3.63) is 29.3 Å². The summed E-state index contributed by atoms with van der Waals surface area (Å²) in [5.74, 6) is 1.21. The van der Waals surface area contributed by atoms with Gasteiger partial charge in [-0.15, -0.1) is 0 Å². The highest BCUT2D eigenvalue weighted by molar-refractivity contribution is 5.71. The molecule has 1 aromatic rings. The summed E-state index contributed by atoms with van der Waals surface area (Å²) in [4.78, 5) is 14.2. The number of rotatable bonds is 3. The molecule has 3 atom stereocenters. The Morgan fingerprint density at radius 1 is 1.35 bits per heavy atom. The molecule has 0 aromatic heterocycles. The van der Waals surface area contributed by atoms with Crippen LogP contribution in [0, 0.1) is 5.92 Å². The van der Waals surface area contributed by atoms with E-state index in [-0.39, 0.29) is 23.6 Å². The summed E-state index contributed by atoms with van der Waals surface area (Å²) >= 11 is 0. The lowest BCUT2D eigenvalue weighted by Crippen LogP contribution is -2.52. The van der Waals surface area contributed by atoms with Gasteiger partial charge in [-0.3, -0.25) is 0 Å². The minimum atomic E-state index is -0.275. The molecule has 0 unspecified atom stereocenters. The number of hydrogen-bond donors (Lipinski definition) is 1. The number of hydrogen-bond acceptors (Lipinski definition) is 3. The second kappa shape index (κ2) is 7.59. The van der Waals surface area contributed by atoms with Gasteiger partial charge in [0.1, 0.15) is 5.75 Å². The van der Waals surface area contributed by atoms with E-state index in [1.807, 2.05) is 26.8 Å². The van der Waals surface area contributed by atoms with Crippen molar-refractivity contribution in [2.24, 2.45) is 11.7 Å². The molecule has 0 saturated heterocycles. The van der Waals surface area contributed by atoms with Crippen LogP contribution < -0.4 is 10.5 Å². The lowest BCUT2D eigenvalue weighted by atomic mass is 9.60. The quantitative estimate of drug-likeness (QED) is 0.856. The normalized spacial score (nSPS) is 28.1. The Morgan fingerprint density at radius 3 is 2.81 bits per heavy atom. The van der Waals surface area contributed by atoms with Crippen LogP contribution in [-0.2, 0) is 11.8 Å². The SMILES string of the molecule is CCN(C(=O)Oc1ccc2c(c1)[C@@]1(C)CCCCC[C@@H](C2)[C@@H]1N)C(C)C. The van der Waals surface area contributed by atoms with Crippen LogP contribution in [0.3, 0.4) is 0 Å². The Kier molecular flexibility index (Phi) is 5.61. The number of amides is 1. The number of nitrogens with zero attached hydrogens (tertiary/aromatic N) is 1. The summed E-state index contributed by atoms with van der Waals surface area (Å²) in [5.41, 5.74) is 9.40. The first-order valence-corrected chi connectivity index (χ1v) is 10.2. The Labute approximate surface area is 158 Å². The van der Waals surface area contributed by atoms with E-state index < -0.39 is 0 Å². The third-order valence-electron chi connectivity index (χ3n) is 6.60. The first-order chi connectivity index (χ1) is 12.4. The largest absolute Gasteiger partial charge is 0.415 e. The summed E-state index contributed by atoms with van der Waals surface area (Å²) in [6.07, 6.45) is 6.92. The van der Waals surface area contributed by atoms with Gasteiger partial charge in [-0.05, 0) is 69.2 Å². The molecule has 3 rings (SSSR count). The summed E-state index contributed by atoms with van der Waals surface area (Å²) < 4.78 is 5.71. The number of fused-ring (bicyclic) bond motifs is 4. The number of carbonyl (C=O) groups excluding carboxylic acids is 1. The van der Waals surface area contributed by atoms with Crippen LogP contribution in [0.1, 0.15) is 70.9 Å². The number of carbonyl (C=O) groups is 1. The second-order valence-corrected chi connectivity index (χ2v) is 8.57. The standard InChI is InChI=1S/C22H34N2O2/c1-5-24(15(2)3)21(25)26-18-11-10-16-13-17-9-7-6-8-12-22(4,20(17)23)19(16)14-18/h10-11,14-15,17,20H,5-9,12-13,23H2,1-4H3/t17-,20-,22+/m0/s1. The molecule has 4 nitrogen and oxygen atoms in total. The van der Waals surface area contributed by atoms with Crippen molar-refractivity contribution in [3.63, 3.8) is 0 Å². The van der Waals surface area contributed by atoms with Crippen LogP contribution >= 0.6 is 0 Å². The predicted molar refractivity (Wildman–Crippen MR) is 106 cm³/mol. The van der Waals surface area contributed by atoms with Gasteiger partial charge in [0.2, 0.25) is 0 Å². The molecule has 0 aliphatic heterocycles. The van der Waals surface area contributed by atoms with Gasteiger partial charge in [-0.2, -0.15) is 0 Å². The van der Waals surface area contributed by atoms with E-state index in [0.29, 0.717) is 18.2 Å². The Morgan fingerprint density at radius 2 is 2.12 bits per heavy atom. The van der Waals surface area contributed by atoms with E-state index in [0.717, 1.165) is 12.8 Å². The van der Waals surface area contributed by atoms with Gasteiger partial charge in [-0.25, -0.2) is 4.79 Å². The lowest BCUT2D eigenvalue weighted by Gasteiger charge is -2.47. The van der Waals surface area contributed by atoms with Crippen molar-refractivity contribution in [2.75, 3.05) is 6.54 Å². The van der Waals surface area contributed by atoms with Crippen molar-refractivity contribution < 1.29 is 9.53 Å². The zero-order valence-electron chi connectivity index (χ0n) is 16.8. The first-order valence-electron chi connectivity index (χ1n) is 10.2. The predicted octanol–water partition coefficient (Wildman–Crippen LogP) is 4.64. The third kappa shape index (κ3) is 3.48. The monoisotopic (exact) mass is 358 g/mol. The van der Waals surface area contributed by atoms with Gasteiger partial charge in [0.15, 0.2) is 0 Å². The van der Waals surface area contributed by atoms with Crippen molar-refractivity contribution in [3.8, 4) is 5.75 Å². The smallest absolute Gasteiger partial charge is 0.410 e. The Bertz CT molecular complexity index is 658. The van der Waals surface area contributed by atoms with Gasteiger partial charge >= 0.3 is 6.09 Å². The van der Waals surface area contributed by atoms with Gasteiger partial charge in [0, 0.05) is 24.0 Å². The van der Waals surface area contributed by atoms with E-state index in [9.17, 15) is 4.79 Å². The van der Waals surface area contributed by atoms with E-state index >= 15 is 0 Å². The molecule has 1 saturated carbocycles. The molecular formula is C22H34N2O2. The molecule has 2 N–H and O–H groups in total. The summed E-state index contributed by atoms with van der Waals surface area (Å²) in [6.45, 7) is 8.94. The maximum absolute atomic E-state index is 12.5. The Balaban J connectivity index is 1.90. The minimum absolute atomic E-state index is 0.0242. The topological polar surface area (TPSA) is 55.6 Å². The van der Waals surface area contributed by atoms with E-state index in [2.05, 4.69) is 19.1 Å². The van der Waals surface area contributed by atoms with Gasteiger partial charge in [-0.1, -0.05) is 32.3 Å². The molecule has 0 spiro atoms. The van der Waals surface area contributed by atoms with Crippen molar-refractivity contribution >= 4 is 6.09 Å². The maximum Gasteiger partial charge on any atom is 0.415 e. The van der Waals surface area contributed by atoms with E-state index in [4.69, 9.17) is 10.5 Å². The molecule has 0 heterocycles. The zero-order chi connectivity index (χ0) is 18.9. The molecule has 144 valence electrons.